The first-order valence-electron chi connectivity index (χ1n) is 11.5. The minimum absolute atomic E-state index is 0.00284. The van der Waals surface area contributed by atoms with Crippen molar-refractivity contribution in [3.8, 4) is 0 Å². The summed E-state index contributed by atoms with van der Waals surface area (Å²) < 4.78 is 58.4. The van der Waals surface area contributed by atoms with Crippen molar-refractivity contribution in [1.82, 2.24) is 8.69 Å². The van der Waals surface area contributed by atoms with Gasteiger partial charge in [-0.15, -0.1) is 0 Å². The molecule has 0 radical (unpaired) electrons. The number of benzene rings is 3. The molecule has 0 bridgehead atoms. The van der Waals surface area contributed by atoms with Crippen LogP contribution in [-0.4, -0.2) is 41.4 Å². The maximum absolute atomic E-state index is 13.7. The summed E-state index contributed by atoms with van der Waals surface area (Å²) in [5, 5.41) is 0.600. The standard InChI is InChI=1S/C26H28ClN3O4S2/c1-4-23-24-18-20(27)12-15-25(24)30(36(33,34)22-8-6-5-7-9-22)26(23)35(31,32)28-17-16-19-10-13-21(14-11-19)29(2)3/h5-15,18,28H,4,16-17H2,1-3H3. The largest absolute Gasteiger partial charge is 0.378 e. The number of aryl methyl sites for hydroxylation is 1. The Morgan fingerprint density at radius 1 is 0.917 bits per heavy atom. The average molecular weight is 546 g/mol. The van der Waals surface area contributed by atoms with Gasteiger partial charge < -0.3 is 4.90 Å². The van der Waals surface area contributed by atoms with Gasteiger partial charge in [0.15, 0.2) is 5.03 Å². The normalized spacial score (nSPS) is 12.2. The van der Waals surface area contributed by atoms with E-state index in [9.17, 15) is 16.8 Å². The van der Waals surface area contributed by atoms with Crippen molar-refractivity contribution in [3.05, 3.63) is 88.9 Å². The van der Waals surface area contributed by atoms with Gasteiger partial charge in [-0.2, -0.15) is 0 Å². The van der Waals surface area contributed by atoms with Crippen LogP contribution in [0.25, 0.3) is 10.9 Å². The zero-order valence-corrected chi connectivity index (χ0v) is 22.7. The second-order valence-electron chi connectivity index (χ2n) is 8.59. The number of rotatable bonds is 9. The number of anilines is 1. The summed E-state index contributed by atoms with van der Waals surface area (Å²) >= 11 is 6.21. The molecule has 0 aliphatic carbocycles. The van der Waals surface area contributed by atoms with Crippen LogP contribution in [0.4, 0.5) is 5.69 Å². The van der Waals surface area contributed by atoms with E-state index in [-0.39, 0.29) is 22.0 Å². The third-order valence-corrected chi connectivity index (χ3v) is 9.59. The fourth-order valence-electron chi connectivity index (χ4n) is 4.18. The minimum Gasteiger partial charge on any atom is -0.378 e. The van der Waals surface area contributed by atoms with E-state index in [1.165, 1.54) is 12.1 Å². The van der Waals surface area contributed by atoms with Gasteiger partial charge in [0, 0.05) is 36.7 Å². The molecule has 0 atom stereocenters. The quantitative estimate of drug-likeness (QED) is 0.330. The Morgan fingerprint density at radius 2 is 1.58 bits per heavy atom. The number of halogens is 1. The maximum Gasteiger partial charge on any atom is 0.269 e. The second kappa shape index (κ2) is 10.3. The summed E-state index contributed by atoms with van der Waals surface area (Å²) in [6.07, 6.45) is 0.752. The van der Waals surface area contributed by atoms with E-state index in [0.29, 0.717) is 28.8 Å². The summed E-state index contributed by atoms with van der Waals surface area (Å²) in [4.78, 5) is 1.98. The summed E-state index contributed by atoms with van der Waals surface area (Å²) in [6, 6.07) is 20.3. The molecule has 7 nitrogen and oxygen atoms in total. The predicted octanol–water partition coefficient (Wildman–Crippen LogP) is 4.68. The highest BCUT2D eigenvalue weighted by Crippen LogP contribution is 2.35. The number of aromatic nitrogens is 1. The third-order valence-electron chi connectivity index (χ3n) is 5.99. The minimum atomic E-state index is -4.22. The lowest BCUT2D eigenvalue weighted by Crippen LogP contribution is -2.30. The number of sulfonamides is 1. The number of hydrogen-bond acceptors (Lipinski definition) is 5. The van der Waals surface area contributed by atoms with Crippen molar-refractivity contribution < 1.29 is 16.8 Å². The molecule has 0 saturated heterocycles. The lowest BCUT2D eigenvalue weighted by Gasteiger charge is -2.15. The highest BCUT2D eigenvalue weighted by Gasteiger charge is 2.33. The molecule has 1 aromatic heterocycles. The number of nitrogens with zero attached hydrogens (tertiary/aromatic N) is 2. The van der Waals surface area contributed by atoms with E-state index >= 15 is 0 Å². The molecule has 0 fully saturated rings. The fourth-order valence-corrected chi connectivity index (χ4v) is 7.80. The molecule has 1 heterocycles. The van der Waals surface area contributed by atoms with Gasteiger partial charge >= 0.3 is 0 Å². The number of fused-ring (bicyclic) bond motifs is 1. The van der Waals surface area contributed by atoms with E-state index in [1.54, 1.807) is 43.3 Å². The van der Waals surface area contributed by atoms with Crippen LogP contribution in [0, 0.1) is 0 Å². The zero-order valence-electron chi connectivity index (χ0n) is 20.3. The first kappa shape index (κ1) is 26.2. The highest BCUT2D eigenvalue weighted by atomic mass is 35.5. The molecule has 0 spiro atoms. The van der Waals surface area contributed by atoms with Gasteiger partial charge in [0.05, 0.1) is 10.4 Å². The molecular weight excluding hydrogens is 518 g/mol. The van der Waals surface area contributed by atoms with Crippen LogP contribution < -0.4 is 9.62 Å². The number of nitrogens with one attached hydrogen (secondary N) is 1. The molecule has 36 heavy (non-hydrogen) atoms. The summed E-state index contributed by atoms with van der Waals surface area (Å²) in [6.45, 7) is 1.90. The molecule has 1 N–H and O–H groups in total. The van der Waals surface area contributed by atoms with Crippen LogP contribution in [0.2, 0.25) is 5.02 Å². The van der Waals surface area contributed by atoms with Crippen molar-refractivity contribution in [1.29, 1.82) is 0 Å². The molecule has 4 rings (SSSR count). The van der Waals surface area contributed by atoms with Crippen molar-refractivity contribution >= 4 is 48.2 Å². The van der Waals surface area contributed by atoms with Crippen molar-refractivity contribution in [2.75, 3.05) is 25.5 Å². The van der Waals surface area contributed by atoms with Gasteiger partial charge in [0.2, 0.25) is 0 Å². The Morgan fingerprint density at radius 3 is 2.19 bits per heavy atom. The van der Waals surface area contributed by atoms with E-state index < -0.39 is 20.0 Å². The van der Waals surface area contributed by atoms with Gasteiger partial charge in [0.25, 0.3) is 20.0 Å². The van der Waals surface area contributed by atoms with Gasteiger partial charge in [-0.05, 0) is 66.4 Å². The monoisotopic (exact) mass is 545 g/mol. The van der Waals surface area contributed by atoms with Crippen LogP contribution in [0.1, 0.15) is 18.1 Å². The molecule has 0 unspecified atom stereocenters. The van der Waals surface area contributed by atoms with Crippen LogP contribution in [0.5, 0.6) is 0 Å². The van der Waals surface area contributed by atoms with Crippen molar-refractivity contribution in [3.63, 3.8) is 0 Å². The Balaban J connectivity index is 1.78. The Hall–Kier alpha value is -2.85. The van der Waals surface area contributed by atoms with Crippen LogP contribution in [0.3, 0.4) is 0 Å². The molecule has 10 heteroatoms. The van der Waals surface area contributed by atoms with E-state index in [4.69, 9.17) is 11.6 Å². The Kier molecular flexibility index (Phi) is 7.47. The summed E-state index contributed by atoms with van der Waals surface area (Å²) in [5.74, 6) is 0. The van der Waals surface area contributed by atoms with Crippen LogP contribution >= 0.6 is 11.6 Å². The lowest BCUT2D eigenvalue weighted by molar-refractivity contribution is 0.564. The summed E-state index contributed by atoms with van der Waals surface area (Å²) in [7, 11) is -4.53. The fraction of sp³-hybridized carbons (Fsp3) is 0.231. The average Bonchev–Trinajstić information content (AvgIpc) is 3.20. The highest BCUT2D eigenvalue weighted by molar-refractivity contribution is 7.92. The third kappa shape index (κ3) is 5.01. The molecule has 0 amide bonds. The topological polar surface area (TPSA) is 88.5 Å². The lowest BCUT2D eigenvalue weighted by atomic mass is 10.1. The van der Waals surface area contributed by atoms with Crippen LogP contribution in [-0.2, 0) is 32.9 Å². The van der Waals surface area contributed by atoms with Crippen LogP contribution in [0.15, 0.2) is 82.7 Å². The van der Waals surface area contributed by atoms with Gasteiger partial charge in [-0.3, -0.25) is 0 Å². The molecule has 0 aliphatic heterocycles. The molecule has 0 aliphatic rings. The van der Waals surface area contributed by atoms with Gasteiger partial charge in [-0.25, -0.2) is 25.5 Å². The second-order valence-corrected chi connectivity index (χ2v) is 12.5. The molecule has 190 valence electrons. The Labute approximate surface area is 217 Å². The molecular formula is C26H28ClN3O4S2. The zero-order chi connectivity index (χ0) is 26.1. The first-order valence-corrected chi connectivity index (χ1v) is 14.8. The predicted molar refractivity (Wildman–Crippen MR) is 145 cm³/mol. The van der Waals surface area contributed by atoms with Gasteiger partial charge in [0.1, 0.15) is 0 Å². The smallest absolute Gasteiger partial charge is 0.269 e. The summed E-state index contributed by atoms with van der Waals surface area (Å²) in [5.41, 5.74) is 2.67. The van der Waals surface area contributed by atoms with Crippen molar-refractivity contribution in [2.24, 2.45) is 0 Å². The molecule has 4 aromatic rings. The van der Waals surface area contributed by atoms with Crippen molar-refractivity contribution in [2.45, 2.75) is 29.7 Å². The maximum atomic E-state index is 13.7. The first-order chi connectivity index (χ1) is 17.1. The van der Waals surface area contributed by atoms with E-state index in [0.717, 1.165) is 15.2 Å². The van der Waals surface area contributed by atoms with Gasteiger partial charge in [-0.1, -0.05) is 48.9 Å². The molecule has 0 saturated carbocycles. The van der Waals surface area contributed by atoms with E-state index in [1.807, 2.05) is 43.3 Å². The van der Waals surface area contributed by atoms with E-state index in [2.05, 4.69) is 4.72 Å². The number of hydrogen-bond donors (Lipinski definition) is 1. The Bertz CT molecular complexity index is 1600. The SMILES string of the molecule is CCc1c(S(=O)(=O)NCCc2ccc(N(C)C)cc2)n(S(=O)(=O)c2ccccc2)c2ccc(Cl)cc12. The molecule has 3 aromatic carbocycles.